The van der Waals surface area contributed by atoms with Gasteiger partial charge in [-0.05, 0) is 34.2 Å². The molecule has 3 N–H and O–H groups in total. The molecule has 1 unspecified atom stereocenters. The van der Waals surface area contributed by atoms with Gasteiger partial charge in [-0.3, -0.25) is 0 Å². The van der Waals surface area contributed by atoms with Crippen LogP contribution in [0.25, 0.3) is 0 Å². The SMILES string of the molecule is NC(CO)c1cccc(I)c1Cl. The van der Waals surface area contributed by atoms with Crippen LogP contribution in [0.4, 0.5) is 0 Å². The van der Waals surface area contributed by atoms with Crippen LogP contribution < -0.4 is 5.73 Å². The third kappa shape index (κ3) is 2.10. The van der Waals surface area contributed by atoms with E-state index in [0.29, 0.717) is 5.02 Å². The molecule has 0 amide bonds. The maximum Gasteiger partial charge on any atom is 0.0624 e. The molecule has 1 aromatic rings. The second-order valence-electron chi connectivity index (χ2n) is 2.43. The number of benzene rings is 1. The fraction of sp³-hybridized carbons (Fsp3) is 0.250. The van der Waals surface area contributed by atoms with E-state index in [0.717, 1.165) is 9.13 Å². The summed E-state index contributed by atoms with van der Waals surface area (Å²) in [5.74, 6) is 0. The quantitative estimate of drug-likeness (QED) is 0.820. The molecule has 66 valence electrons. The molecule has 0 fully saturated rings. The minimum atomic E-state index is -0.382. The first-order valence-electron chi connectivity index (χ1n) is 3.47. The Kier molecular flexibility index (Phi) is 3.77. The first-order valence-corrected chi connectivity index (χ1v) is 4.93. The molecule has 0 aliphatic heterocycles. The van der Waals surface area contributed by atoms with Gasteiger partial charge < -0.3 is 10.8 Å². The van der Waals surface area contributed by atoms with E-state index in [2.05, 4.69) is 22.6 Å². The highest BCUT2D eigenvalue weighted by atomic mass is 127. The lowest BCUT2D eigenvalue weighted by Gasteiger charge is -2.10. The standard InChI is InChI=1S/C8H9ClINO/c9-8-5(7(11)4-12)2-1-3-6(8)10/h1-3,7,12H,4,11H2. The van der Waals surface area contributed by atoms with E-state index in [1.54, 1.807) is 0 Å². The summed E-state index contributed by atoms with van der Waals surface area (Å²) in [6.45, 7) is -0.0835. The molecule has 0 radical (unpaired) electrons. The van der Waals surface area contributed by atoms with Crippen LogP contribution in [-0.4, -0.2) is 11.7 Å². The minimum Gasteiger partial charge on any atom is -0.394 e. The monoisotopic (exact) mass is 297 g/mol. The van der Waals surface area contributed by atoms with Crippen LogP contribution in [0, 0.1) is 3.57 Å². The lowest BCUT2D eigenvalue weighted by molar-refractivity contribution is 0.268. The van der Waals surface area contributed by atoms with Crippen molar-refractivity contribution < 1.29 is 5.11 Å². The van der Waals surface area contributed by atoms with E-state index in [9.17, 15) is 0 Å². The highest BCUT2D eigenvalue weighted by Crippen LogP contribution is 2.26. The van der Waals surface area contributed by atoms with Gasteiger partial charge in [0.25, 0.3) is 0 Å². The van der Waals surface area contributed by atoms with Crippen molar-refractivity contribution >= 4 is 34.2 Å². The van der Waals surface area contributed by atoms with Gasteiger partial charge in [0.1, 0.15) is 0 Å². The molecular formula is C8H9ClINO. The van der Waals surface area contributed by atoms with Crippen LogP contribution in [0.5, 0.6) is 0 Å². The number of hydrogen-bond donors (Lipinski definition) is 2. The Labute approximate surface area is 89.9 Å². The minimum absolute atomic E-state index is 0.0835. The Hall–Kier alpha value is 0.160. The number of aliphatic hydroxyl groups excluding tert-OH is 1. The molecule has 0 aromatic heterocycles. The predicted octanol–water partition coefficient (Wildman–Crippen LogP) is 1.94. The smallest absolute Gasteiger partial charge is 0.0624 e. The molecule has 2 nitrogen and oxygen atoms in total. The van der Waals surface area contributed by atoms with E-state index < -0.39 is 0 Å². The fourth-order valence-corrected chi connectivity index (χ4v) is 1.69. The molecule has 0 spiro atoms. The summed E-state index contributed by atoms with van der Waals surface area (Å²) in [7, 11) is 0. The van der Waals surface area contributed by atoms with Crippen molar-refractivity contribution in [2.75, 3.05) is 6.61 Å². The molecule has 0 heterocycles. The van der Waals surface area contributed by atoms with E-state index in [1.807, 2.05) is 18.2 Å². The fourth-order valence-electron chi connectivity index (χ4n) is 0.905. The molecule has 1 rings (SSSR count). The molecule has 0 aliphatic rings. The zero-order valence-corrected chi connectivity index (χ0v) is 9.21. The molecule has 0 saturated heterocycles. The van der Waals surface area contributed by atoms with Gasteiger partial charge in [-0.25, -0.2) is 0 Å². The maximum atomic E-state index is 8.82. The van der Waals surface area contributed by atoms with Gasteiger partial charge in [0, 0.05) is 3.57 Å². The predicted molar refractivity (Wildman–Crippen MR) is 58.2 cm³/mol. The maximum absolute atomic E-state index is 8.82. The molecule has 1 atom stereocenters. The highest BCUT2D eigenvalue weighted by molar-refractivity contribution is 14.1. The van der Waals surface area contributed by atoms with Gasteiger partial charge >= 0.3 is 0 Å². The summed E-state index contributed by atoms with van der Waals surface area (Å²) in [6, 6.07) is 5.22. The lowest BCUT2D eigenvalue weighted by atomic mass is 10.1. The van der Waals surface area contributed by atoms with Gasteiger partial charge in [-0.2, -0.15) is 0 Å². The largest absolute Gasteiger partial charge is 0.394 e. The van der Waals surface area contributed by atoms with E-state index in [4.69, 9.17) is 22.4 Å². The summed E-state index contributed by atoms with van der Waals surface area (Å²) in [5, 5.41) is 9.46. The van der Waals surface area contributed by atoms with Crippen LogP contribution in [0.3, 0.4) is 0 Å². The van der Waals surface area contributed by atoms with Crippen LogP contribution in [-0.2, 0) is 0 Å². The van der Waals surface area contributed by atoms with E-state index in [-0.39, 0.29) is 12.6 Å². The summed E-state index contributed by atoms with van der Waals surface area (Å²) >= 11 is 8.10. The number of aliphatic hydroxyl groups is 1. The second kappa shape index (κ2) is 4.41. The van der Waals surface area contributed by atoms with E-state index in [1.165, 1.54) is 0 Å². The van der Waals surface area contributed by atoms with Crippen molar-refractivity contribution in [1.82, 2.24) is 0 Å². The molecule has 1 aromatic carbocycles. The summed E-state index contributed by atoms with van der Waals surface area (Å²) < 4.78 is 0.954. The number of rotatable bonds is 2. The second-order valence-corrected chi connectivity index (χ2v) is 3.97. The Balaban J connectivity index is 3.07. The number of hydrogen-bond acceptors (Lipinski definition) is 2. The van der Waals surface area contributed by atoms with Crippen molar-refractivity contribution in [3.05, 3.63) is 32.4 Å². The third-order valence-electron chi connectivity index (χ3n) is 1.58. The van der Waals surface area contributed by atoms with Crippen molar-refractivity contribution in [2.45, 2.75) is 6.04 Å². The van der Waals surface area contributed by atoms with Gasteiger partial charge in [0.2, 0.25) is 0 Å². The average molecular weight is 298 g/mol. The highest BCUT2D eigenvalue weighted by Gasteiger charge is 2.10. The zero-order chi connectivity index (χ0) is 9.14. The summed E-state index contributed by atoms with van der Waals surface area (Å²) in [6.07, 6.45) is 0. The van der Waals surface area contributed by atoms with Gasteiger partial charge in [0.05, 0.1) is 17.7 Å². The summed E-state index contributed by atoms with van der Waals surface area (Å²) in [4.78, 5) is 0. The Morgan fingerprint density at radius 3 is 2.83 bits per heavy atom. The molecule has 12 heavy (non-hydrogen) atoms. The van der Waals surface area contributed by atoms with Crippen molar-refractivity contribution in [1.29, 1.82) is 0 Å². The molecule has 0 bridgehead atoms. The number of halogens is 2. The van der Waals surface area contributed by atoms with Crippen LogP contribution in [0.2, 0.25) is 5.02 Å². The third-order valence-corrected chi connectivity index (χ3v) is 3.22. The Morgan fingerprint density at radius 1 is 1.58 bits per heavy atom. The van der Waals surface area contributed by atoms with Crippen molar-refractivity contribution in [3.63, 3.8) is 0 Å². The normalized spacial score (nSPS) is 13.0. The average Bonchev–Trinajstić information content (AvgIpc) is 2.08. The topological polar surface area (TPSA) is 46.2 Å². The van der Waals surface area contributed by atoms with Crippen molar-refractivity contribution in [3.8, 4) is 0 Å². The Bertz CT molecular complexity index is 280. The first-order chi connectivity index (χ1) is 5.66. The Morgan fingerprint density at radius 2 is 2.25 bits per heavy atom. The first kappa shape index (κ1) is 10.2. The molecular weight excluding hydrogens is 288 g/mol. The van der Waals surface area contributed by atoms with Crippen LogP contribution >= 0.6 is 34.2 Å². The summed E-state index contributed by atoms with van der Waals surface area (Å²) in [5.41, 5.74) is 6.42. The molecule has 4 heteroatoms. The lowest BCUT2D eigenvalue weighted by Crippen LogP contribution is -2.15. The molecule has 0 saturated carbocycles. The van der Waals surface area contributed by atoms with Gasteiger partial charge in [0.15, 0.2) is 0 Å². The van der Waals surface area contributed by atoms with Gasteiger partial charge in [-0.1, -0.05) is 23.7 Å². The van der Waals surface area contributed by atoms with Crippen molar-refractivity contribution in [2.24, 2.45) is 5.73 Å². The molecule has 0 aliphatic carbocycles. The number of nitrogens with two attached hydrogens (primary N) is 1. The van der Waals surface area contributed by atoms with Crippen LogP contribution in [0.15, 0.2) is 18.2 Å². The van der Waals surface area contributed by atoms with E-state index >= 15 is 0 Å². The zero-order valence-electron chi connectivity index (χ0n) is 6.30. The van der Waals surface area contributed by atoms with Gasteiger partial charge in [-0.15, -0.1) is 0 Å². The van der Waals surface area contributed by atoms with Crippen LogP contribution in [0.1, 0.15) is 11.6 Å².